The van der Waals surface area contributed by atoms with E-state index in [-0.39, 0.29) is 0 Å². The van der Waals surface area contributed by atoms with Gasteiger partial charge in [0.2, 0.25) is 0 Å². The minimum atomic E-state index is 0.595. The predicted molar refractivity (Wildman–Crippen MR) is 43.2 cm³/mol. The quantitative estimate of drug-likeness (QED) is 0.621. The van der Waals surface area contributed by atoms with Crippen LogP contribution in [0.4, 0.5) is 0 Å². The van der Waals surface area contributed by atoms with Crippen LogP contribution in [0.2, 0.25) is 0 Å². The van der Waals surface area contributed by atoms with E-state index in [1.807, 2.05) is 31.2 Å². The first-order valence-corrected chi connectivity index (χ1v) is 3.50. The molecule has 0 saturated heterocycles. The smallest absolute Gasteiger partial charge is 0.297 e. The van der Waals surface area contributed by atoms with Crippen molar-refractivity contribution < 1.29 is 8.83 Å². The Morgan fingerprint density at radius 3 is 3.09 bits per heavy atom. The summed E-state index contributed by atoms with van der Waals surface area (Å²) in [6, 6.07) is 3.82. The highest BCUT2D eigenvalue weighted by Gasteiger charge is 2.01. The summed E-state index contributed by atoms with van der Waals surface area (Å²) < 4.78 is 10.3. The number of hydrogen-bond acceptors (Lipinski definition) is 2. The Labute approximate surface area is 64.1 Å². The highest BCUT2D eigenvalue weighted by Crippen LogP contribution is 2.20. The summed E-state index contributed by atoms with van der Waals surface area (Å²) in [4.78, 5) is 0. The summed E-state index contributed by atoms with van der Waals surface area (Å²) in [5.74, 6) is 1.43. The molecule has 0 aliphatic heterocycles. The van der Waals surface area contributed by atoms with E-state index >= 15 is 0 Å². The minimum absolute atomic E-state index is 0.595. The molecular formula is C9H8O2. The number of fused-ring (bicyclic) bond motifs is 1. The van der Waals surface area contributed by atoms with Gasteiger partial charge in [0.05, 0.1) is 11.6 Å². The molecule has 0 fully saturated rings. The van der Waals surface area contributed by atoms with E-state index in [0.717, 1.165) is 11.1 Å². The molecule has 0 aliphatic rings. The third-order valence-electron chi connectivity index (χ3n) is 1.50. The van der Waals surface area contributed by atoms with Crippen molar-refractivity contribution >= 4 is 17.2 Å². The van der Waals surface area contributed by atoms with Crippen molar-refractivity contribution in [1.82, 2.24) is 0 Å². The highest BCUT2D eigenvalue weighted by atomic mass is 16.5. The van der Waals surface area contributed by atoms with Crippen LogP contribution in [0.15, 0.2) is 33.3 Å². The van der Waals surface area contributed by atoms with Gasteiger partial charge in [0.1, 0.15) is 5.76 Å². The summed E-state index contributed by atoms with van der Waals surface area (Å²) in [5.41, 5.74) is 0. The molecule has 0 N–H and O–H groups in total. The van der Waals surface area contributed by atoms with Crippen molar-refractivity contribution in [1.29, 1.82) is 0 Å². The lowest BCUT2D eigenvalue weighted by Crippen LogP contribution is -1.56. The average molecular weight is 148 g/mol. The minimum Gasteiger partial charge on any atom is -0.433 e. The number of rotatable bonds is 1. The van der Waals surface area contributed by atoms with Crippen molar-refractivity contribution in [2.75, 3.05) is 0 Å². The van der Waals surface area contributed by atoms with Crippen LogP contribution < -0.4 is 0 Å². The van der Waals surface area contributed by atoms with Crippen LogP contribution in [0.1, 0.15) is 12.7 Å². The zero-order valence-corrected chi connectivity index (χ0v) is 6.20. The fourth-order valence-corrected chi connectivity index (χ4v) is 1.03. The first-order valence-electron chi connectivity index (χ1n) is 3.50. The van der Waals surface area contributed by atoms with E-state index in [9.17, 15) is 0 Å². The van der Waals surface area contributed by atoms with Crippen LogP contribution >= 0.6 is 0 Å². The van der Waals surface area contributed by atoms with Crippen molar-refractivity contribution in [2.24, 2.45) is 0 Å². The maximum absolute atomic E-state index is 5.29. The molecule has 0 aromatic carbocycles. The molecule has 0 radical (unpaired) electrons. The second-order valence-electron chi connectivity index (χ2n) is 2.31. The van der Waals surface area contributed by atoms with E-state index in [1.165, 1.54) is 0 Å². The van der Waals surface area contributed by atoms with E-state index in [0.29, 0.717) is 5.78 Å². The lowest BCUT2D eigenvalue weighted by atomic mass is 10.3. The number of furan rings is 2. The monoisotopic (exact) mass is 148 g/mol. The van der Waals surface area contributed by atoms with Gasteiger partial charge >= 0.3 is 0 Å². The van der Waals surface area contributed by atoms with Crippen LogP contribution in [0.5, 0.6) is 0 Å². The Bertz CT molecular complexity index is 350. The Morgan fingerprint density at radius 2 is 2.36 bits per heavy atom. The largest absolute Gasteiger partial charge is 0.433 e. The molecule has 2 rings (SSSR count). The van der Waals surface area contributed by atoms with Gasteiger partial charge in [-0.1, -0.05) is 6.08 Å². The number of allylic oxidation sites excluding steroid dienone is 1. The van der Waals surface area contributed by atoms with Crippen LogP contribution in [-0.4, -0.2) is 0 Å². The second kappa shape index (κ2) is 2.31. The molecule has 2 heteroatoms. The topological polar surface area (TPSA) is 26.3 Å². The van der Waals surface area contributed by atoms with Gasteiger partial charge in [-0.05, 0) is 25.1 Å². The van der Waals surface area contributed by atoms with Crippen molar-refractivity contribution in [3.05, 3.63) is 30.2 Å². The normalized spacial score (nSPS) is 11.7. The van der Waals surface area contributed by atoms with E-state index < -0.39 is 0 Å². The highest BCUT2D eigenvalue weighted by molar-refractivity contribution is 5.74. The molecule has 2 nitrogen and oxygen atoms in total. The molecule has 0 unspecified atom stereocenters. The van der Waals surface area contributed by atoms with Crippen LogP contribution in [0, 0.1) is 0 Å². The first-order chi connectivity index (χ1) is 5.40. The predicted octanol–water partition coefficient (Wildman–Crippen LogP) is 3.06. The van der Waals surface area contributed by atoms with E-state index in [4.69, 9.17) is 8.83 Å². The molecule has 2 aromatic rings. The van der Waals surface area contributed by atoms with Gasteiger partial charge in [-0.3, -0.25) is 0 Å². The van der Waals surface area contributed by atoms with Crippen LogP contribution in [0.25, 0.3) is 17.2 Å². The Kier molecular flexibility index (Phi) is 1.32. The molecule has 0 saturated carbocycles. The fraction of sp³-hybridized carbons (Fsp3) is 0.111. The van der Waals surface area contributed by atoms with Gasteiger partial charge in [0.25, 0.3) is 5.78 Å². The number of hydrogen-bond donors (Lipinski definition) is 0. The maximum atomic E-state index is 5.29. The van der Waals surface area contributed by atoms with Gasteiger partial charge in [0, 0.05) is 0 Å². The molecule has 0 bridgehead atoms. The summed E-state index contributed by atoms with van der Waals surface area (Å²) in [5, 5.41) is 1.01. The standard InChI is InChI=1S/C9H8O2/c1-2-3-8-6-7-4-5-10-9(7)11-8/h2-6H,1H3/b3-2+. The van der Waals surface area contributed by atoms with Crippen molar-refractivity contribution in [2.45, 2.75) is 6.92 Å². The Morgan fingerprint density at radius 1 is 1.45 bits per heavy atom. The maximum Gasteiger partial charge on any atom is 0.297 e. The summed E-state index contributed by atoms with van der Waals surface area (Å²) >= 11 is 0. The zero-order valence-electron chi connectivity index (χ0n) is 6.20. The summed E-state index contributed by atoms with van der Waals surface area (Å²) in [6.07, 6.45) is 5.45. The average Bonchev–Trinajstić information content (AvgIpc) is 2.46. The lowest BCUT2D eigenvalue weighted by molar-refractivity contribution is 0.473. The van der Waals surface area contributed by atoms with Crippen LogP contribution in [0.3, 0.4) is 0 Å². The third kappa shape index (κ3) is 0.963. The van der Waals surface area contributed by atoms with Gasteiger partial charge < -0.3 is 8.83 Å². The molecular weight excluding hydrogens is 140 g/mol. The summed E-state index contributed by atoms with van der Waals surface area (Å²) in [7, 11) is 0. The molecule has 0 atom stereocenters. The third-order valence-corrected chi connectivity index (χ3v) is 1.50. The zero-order chi connectivity index (χ0) is 7.68. The van der Waals surface area contributed by atoms with Crippen molar-refractivity contribution in [3.63, 3.8) is 0 Å². The fourth-order valence-electron chi connectivity index (χ4n) is 1.03. The lowest BCUT2D eigenvalue weighted by Gasteiger charge is -1.78. The van der Waals surface area contributed by atoms with Gasteiger partial charge in [-0.2, -0.15) is 0 Å². The van der Waals surface area contributed by atoms with E-state index in [2.05, 4.69) is 0 Å². The SMILES string of the molecule is C/C=C/c1cc2ccoc2o1. The second-order valence-corrected chi connectivity index (χ2v) is 2.31. The molecule has 11 heavy (non-hydrogen) atoms. The van der Waals surface area contributed by atoms with Gasteiger partial charge in [-0.15, -0.1) is 0 Å². The molecule has 0 spiro atoms. The van der Waals surface area contributed by atoms with Gasteiger partial charge in [-0.25, -0.2) is 0 Å². The molecule has 2 heterocycles. The summed E-state index contributed by atoms with van der Waals surface area (Å²) in [6.45, 7) is 1.95. The van der Waals surface area contributed by atoms with Gasteiger partial charge in [0.15, 0.2) is 0 Å². The van der Waals surface area contributed by atoms with Crippen LogP contribution in [-0.2, 0) is 0 Å². The molecule has 2 aromatic heterocycles. The van der Waals surface area contributed by atoms with E-state index in [1.54, 1.807) is 6.26 Å². The Balaban J connectivity index is 2.58. The molecule has 0 aliphatic carbocycles. The molecule has 56 valence electrons. The molecule has 0 amide bonds. The van der Waals surface area contributed by atoms with Crippen molar-refractivity contribution in [3.8, 4) is 0 Å². The Hall–Kier alpha value is -1.44. The first kappa shape index (κ1) is 6.28.